The summed E-state index contributed by atoms with van der Waals surface area (Å²) in [6.45, 7) is 4.41. The minimum absolute atomic E-state index is 0.575. The quantitative estimate of drug-likeness (QED) is 0.783. The van der Waals surface area contributed by atoms with Gasteiger partial charge in [-0.3, -0.25) is 4.68 Å². The van der Waals surface area contributed by atoms with Gasteiger partial charge in [-0.15, -0.1) is 5.10 Å². The maximum Gasteiger partial charge on any atom is 0.166 e. The minimum atomic E-state index is 0.575. The first-order chi connectivity index (χ1) is 10.2. The van der Waals surface area contributed by atoms with Crippen LogP contribution in [0.4, 0.5) is 0 Å². The van der Waals surface area contributed by atoms with Crippen LogP contribution < -0.4 is 0 Å². The number of rotatable bonds is 5. The number of aryl methyl sites for hydroxylation is 1. The van der Waals surface area contributed by atoms with Gasteiger partial charge in [0.2, 0.25) is 0 Å². The van der Waals surface area contributed by atoms with E-state index in [2.05, 4.69) is 29.0 Å². The van der Waals surface area contributed by atoms with Gasteiger partial charge >= 0.3 is 0 Å². The van der Waals surface area contributed by atoms with Crippen LogP contribution in [-0.2, 0) is 13.5 Å². The average Bonchev–Trinajstić information content (AvgIpc) is 3.17. The first-order valence-corrected chi connectivity index (χ1v) is 7.26. The van der Waals surface area contributed by atoms with Gasteiger partial charge in [0.1, 0.15) is 0 Å². The molecule has 0 aliphatic heterocycles. The van der Waals surface area contributed by atoms with Crippen LogP contribution in [-0.4, -0.2) is 29.5 Å². The van der Waals surface area contributed by atoms with Crippen molar-refractivity contribution in [1.82, 2.24) is 29.5 Å². The molecule has 0 fully saturated rings. The number of aromatic nitrogens is 6. The van der Waals surface area contributed by atoms with E-state index in [0.29, 0.717) is 5.92 Å². The first-order valence-electron chi connectivity index (χ1n) is 7.26. The van der Waals surface area contributed by atoms with Crippen molar-refractivity contribution in [2.24, 2.45) is 13.0 Å². The average molecular weight is 284 g/mol. The van der Waals surface area contributed by atoms with E-state index in [0.717, 1.165) is 35.9 Å². The molecule has 1 unspecified atom stereocenters. The van der Waals surface area contributed by atoms with Crippen LogP contribution in [0.5, 0.6) is 0 Å². The predicted molar refractivity (Wildman–Crippen MR) is 81.1 cm³/mol. The van der Waals surface area contributed by atoms with Gasteiger partial charge < -0.3 is 4.98 Å². The van der Waals surface area contributed by atoms with E-state index in [1.807, 2.05) is 36.3 Å². The number of nitrogens with zero attached hydrogens (tertiary/aromatic N) is 5. The highest BCUT2D eigenvalue weighted by atomic mass is 15.4. The van der Waals surface area contributed by atoms with Crippen molar-refractivity contribution in [2.75, 3.05) is 0 Å². The second-order valence-corrected chi connectivity index (χ2v) is 5.39. The van der Waals surface area contributed by atoms with Gasteiger partial charge in [0.25, 0.3) is 0 Å². The topological polar surface area (TPSA) is 64.3 Å². The van der Waals surface area contributed by atoms with Gasteiger partial charge in [0.15, 0.2) is 17.5 Å². The molecule has 3 heterocycles. The summed E-state index contributed by atoms with van der Waals surface area (Å²) in [7, 11) is 1.91. The van der Waals surface area contributed by atoms with Crippen molar-refractivity contribution in [3.05, 3.63) is 36.5 Å². The van der Waals surface area contributed by atoms with Crippen LogP contribution in [0.1, 0.15) is 26.1 Å². The Kier molecular flexibility index (Phi) is 3.60. The molecular weight excluding hydrogens is 264 g/mol. The van der Waals surface area contributed by atoms with Crippen LogP contribution in [0, 0.1) is 5.92 Å². The lowest BCUT2D eigenvalue weighted by atomic mass is 10.1. The molecule has 3 aromatic heterocycles. The summed E-state index contributed by atoms with van der Waals surface area (Å²) in [5.41, 5.74) is 1.03. The molecule has 0 radical (unpaired) electrons. The number of H-pyrrole nitrogens is 1. The van der Waals surface area contributed by atoms with Crippen LogP contribution in [0.25, 0.3) is 17.2 Å². The molecular formula is C15H20N6. The van der Waals surface area contributed by atoms with Gasteiger partial charge in [-0.25, -0.2) is 4.98 Å². The number of aromatic amines is 1. The standard InChI is InChI=1S/C15H20N6/c1-4-11(2)9-13-18-15(12-5-7-16-10-12)21(19-13)14-6-8-17-20(14)3/h5-8,10-11,16H,4,9H2,1-3H3. The monoisotopic (exact) mass is 284 g/mol. The molecule has 110 valence electrons. The Labute approximate surface area is 123 Å². The Bertz CT molecular complexity index is 706. The van der Waals surface area contributed by atoms with Crippen molar-refractivity contribution < 1.29 is 0 Å². The summed E-state index contributed by atoms with van der Waals surface area (Å²) in [5, 5.41) is 8.91. The third-order valence-electron chi connectivity index (χ3n) is 3.75. The molecule has 1 N–H and O–H groups in total. The lowest BCUT2D eigenvalue weighted by molar-refractivity contribution is 0.541. The lowest BCUT2D eigenvalue weighted by Gasteiger charge is -2.04. The summed E-state index contributed by atoms with van der Waals surface area (Å²) in [6, 6.07) is 3.95. The van der Waals surface area contributed by atoms with Crippen LogP contribution in [0.3, 0.4) is 0 Å². The molecule has 0 saturated carbocycles. The van der Waals surface area contributed by atoms with Crippen LogP contribution in [0.15, 0.2) is 30.7 Å². The predicted octanol–water partition coefficient (Wildman–Crippen LogP) is 2.58. The fraction of sp³-hybridized carbons (Fsp3) is 0.400. The molecule has 6 nitrogen and oxygen atoms in total. The van der Waals surface area contributed by atoms with E-state index >= 15 is 0 Å². The van der Waals surface area contributed by atoms with Crippen LogP contribution >= 0.6 is 0 Å². The highest BCUT2D eigenvalue weighted by molar-refractivity contribution is 5.56. The maximum absolute atomic E-state index is 4.73. The molecule has 3 aromatic rings. The summed E-state index contributed by atoms with van der Waals surface area (Å²) in [5.74, 6) is 3.21. The smallest absolute Gasteiger partial charge is 0.166 e. The first kappa shape index (κ1) is 13.6. The molecule has 6 heteroatoms. The van der Waals surface area contributed by atoms with Gasteiger partial charge in [-0.05, 0) is 12.0 Å². The number of hydrogen-bond donors (Lipinski definition) is 1. The van der Waals surface area contributed by atoms with Crippen molar-refractivity contribution in [3.8, 4) is 17.2 Å². The fourth-order valence-electron chi connectivity index (χ4n) is 2.28. The normalized spacial score (nSPS) is 12.7. The summed E-state index contributed by atoms with van der Waals surface area (Å²) >= 11 is 0. The summed E-state index contributed by atoms with van der Waals surface area (Å²) in [4.78, 5) is 7.80. The maximum atomic E-state index is 4.73. The van der Waals surface area contributed by atoms with E-state index in [9.17, 15) is 0 Å². The molecule has 0 aliphatic carbocycles. The molecule has 0 aromatic carbocycles. The molecule has 0 saturated heterocycles. The van der Waals surface area contributed by atoms with Gasteiger partial charge in [0.05, 0.1) is 6.20 Å². The third kappa shape index (κ3) is 2.61. The van der Waals surface area contributed by atoms with E-state index < -0.39 is 0 Å². The molecule has 0 aliphatic rings. The zero-order valence-electron chi connectivity index (χ0n) is 12.6. The SMILES string of the molecule is CCC(C)Cc1nc(-c2cc[nH]c2)n(-c2ccnn2C)n1. The molecule has 1 atom stereocenters. The van der Waals surface area contributed by atoms with E-state index in [4.69, 9.17) is 4.98 Å². The second-order valence-electron chi connectivity index (χ2n) is 5.39. The zero-order chi connectivity index (χ0) is 14.8. The second kappa shape index (κ2) is 5.55. The van der Waals surface area contributed by atoms with Gasteiger partial charge in [0, 0.05) is 37.5 Å². The van der Waals surface area contributed by atoms with Crippen molar-refractivity contribution in [3.63, 3.8) is 0 Å². The van der Waals surface area contributed by atoms with E-state index in [1.165, 1.54) is 0 Å². The van der Waals surface area contributed by atoms with E-state index in [1.54, 1.807) is 10.9 Å². The van der Waals surface area contributed by atoms with Crippen LogP contribution in [0.2, 0.25) is 0 Å². The zero-order valence-corrected chi connectivity index (χ0v) is 12.6. The van der Waals surface area contributed by atoms with Crippen molar-refractivity contribution in [2.45, 2.75) is 26.7 Å². The molecule has 0 amide bonds. The molecule has 0 bridgehead atoms. The van der Waals surface area contributed by atoms with Gasteiger partial charge in [-0.2, -0.15) is 9.78 Å². The molecule has 3 rings (SSSR count). The van der Waals surface area contributed by atoms with Crippen molar-refractivity contribution >= 4 is 0 Å². The Morgan fingerprint density at radius 3 is 2.81 bits per heavy atom. The Morgan fingerprint density at radius 2 is 2.19 bits per heavy atom. The third-order valence-corrected chi connectivity index (χ3v) is 3.75. The highest BCUT2D eigenvalue weighted by Gasteiger charge is 2.17. The Balaban J connectivity index is 2.06. The Hall–Kier alpha value is -2.37. The molecule has 0 spiro atoms. The number of nitrogens with one attached hydrogen (secondary N) is 1. The molecule has 21 heavy (non-hydrogen) atoms. The fourth-order valence-corrected chi connectivity index (χ4v) is 2.28. The Morgan fingerprint density at radius 1 is 1.33 bits per heavy atom. The minimum Gasteiger partial charge on any atom is -0.367 e. The highest BCUT2D eigenvalue weighted by Crippen LogP contribution is 2.21. The summed E-state index contributed by atoms with van der Waals surface area (Å²) in [6.07, 6.45) is 7.61. The summed E-state index contributed by atoms with van der Waals surface area (Å²) < 4.78 is 3.67. The van der Waals surface area contributed by atoms with E-state index in [-0.39, 0.29) is 0 Å². The van der Waals surface area contributed by atoms with Crippen molar-refractivity contribution in [1.29, 1.82) is 0 Å². The number of hydrogen-bond acceptors (Lipinski definition) is 3. The largest absolute Gasteiger partial charge is 0.367 e. The lowest BCUT2D eigenvalue weighted by Crippen LogP contribution is -2.06. The van der Waals surface area contributed by atoms with Gasteiger partial charge in [-0.1, -0.05) is 20.3 Å².